The Labute approximate surface area is 69.8 Å². The second-order valence-electron chi connectivity index (χ2n) is 1.99. The number of aromatic nitrogens is 1. The fourth-order valence-electron chi connectivity index (χ4n) is 0.768. The first-order valence-electron chi connectivity index (χ1n) is 3.11. The molecule has 11 heavy (non-hydrogen) atoms. The van der Waals surface area contributed by atoms with Crippen molar-refractivity contribution in [2.45, 2.75) is 5.88 Å². The average Bonchev–Trinajstić information content (AvgIpc) is 2.05. The SMILES string of the molecule is COc1cccc(CCl)[n+]1[O-]. The van der Waals surface area contributed by atoms with E-state index in [2.05, 4.69) is 0 Å². The zero-order valence-corrected chi connectivity index (χ0v) is 6.84. The summed E-state index contributed by atoms with van der Waals surface area (Å²) in [5.41, 5.74) is 0.492. The Hall–Kier alpha value is -0.960. The number of methoxy groups -OCH3 is 1. The molecule has 1 heterocycles. The molecule has 1 aromatic heterocycles. The number of nitrogens with zero attached hydrogens (tertiary/aromatic N) is 1. The molecule has 1 aromatic rings. The molecule has 0 aliphatic carbocycles. The number of alkyl halides is 1. The minimum Gasteiger partial charge on any atom is -0.616 e. The van der Waals surface area contributed by atoms with E-state index < -0.39 is 0 Å². The van der Waals surface area contributed by atoms with Gasteiger partial charge in [0.2, 0.25) is 5.69 Å². The molecule has 0 spiro atoms. The lowest BCUT2D eigenvalue weighted by atomic mass is 10.4. The number of hydrogen-bond acceptors (Lipinski definition) is 2. The van der Waals surface area contributed by atoms with Crippen molar-refractivity contribution in [2.24, 2.45) is 0 Å². The predicted octanol–water partition coefficient (Wildman–Crippen LogP) is 1.07. The van der Waals surface area contributed by atoms with Crippen LogP contribution in [-0.2, 0) is 5.88 Å². The largest absolute Gasteiger partial charge is 0.616 e. The number of ether oxygens (including phenoxy) is 1. The Kier molecular flexibility index (Phi) is 2.54. The summed E-state index contributed by atoms with van der Waals surface area (Å²) in [6.07, 6.45) is 0. The zero-order chi connectivity index (χ0) is 8.27. The van der Waals surface area contributed by atoms with Gasteiger partial charge < -0.3 is 9.94 Å². The Morgan fingerprint density at radius 1 is 1.64 bits per heavy atom. The molecule has 0 fully saturated rings. The van der Waals surface area contributed by atoms with Crippen LogP contribution in [0.1, 0.15) is 5.69 Å². The normalized spacial score (nSPS) is 9.64. The summed E-state index contributed by atoms with van der Waals surface area (Å²) in [6, 6.07) is 4.97. The van der Waals surface area contributed by atoms with E-state index >= 15 is 0 Å². The molecule has 4 heteroatoms. The first-order chi connectivity index (χ1) is 5.29. The van der Waals surface area contributed by atoms with Crippen LogP contribution in [0.5, 0.6) is 5.88 Å². The van der Waals surface area contributed by atoms with Crippen LogP contribution >= 0.6 is 11.6 Å². The van der Waals surface area contributed by atoms with E-state index in [4.69, 9.17) is 16.3 Å². The molecule has 0 bridgehead atoms. The summed E-state index contributed by atoms with van der Waals surface area (Å²) in [4.78, 5) is 0. The van der Waals surface area contributed by atoms with Crippen molar-refractivity contribution in [1.82, 2.24) is 0 Å². The zero-order valence-electron chi connectivity index (χ0n) is 6.08. The Bertz CT molecular complexity index is 230. The lowest BCUT2D eigenvalue weighted by Gasteiger charge is -2.04. The molecule has 60 valence electrons. The Morgan fingerprint density at radius 3 is 2.91 bits per heavy atom. The molecule has 0 unspecified atom stereocenters. The van der Waals surface area contributed by atoms with Crippen molar-refractivity contribution < 1.29 is 9.47 Å². The molecule has 0 saturated carbocycles. The van der Waals surface area contributed by atoms with Gasteiger partial charge in [0.15, 0.2) is 0 Å². The lowest BCUT2D eigenvalue weighted by molar-refractivity contribution is -0.619. The maximum absolute atomic E-state index is 11.1. The van der Waals surface area contributed by atoms with Gasteiger partial charge in [-0.1, -0.05) is 0 Å². The van der Waals surface area contributed by atoms with E-state index in [-0.39, 0.29) is 11.8 Å². The molecule has 0 saturated heterocycles. The third kappa shape index (κ3) is 1.54. The molecule has 0 aliphatic heterocycles. The van der Waals surface area contributed by atoms with E-state index in [9.17, 15) is 5.21 Å². The molecule has 0 aliphatic rings. The monoisotopic (exact) mass is 173 g/mol. The lowest BCUT2D eigenvalue weighted by Crippen LogP contribution is -2.32. The highest BCUT2D eigenvalue weighted by Gasteiger charge is 2.08. The summed E-state index contributed by atoms with van der Waals surface area (Å²) in [5.74, 6) is 0.462. The molecule has 1 rings (SSSR count). The van der Waals surface area contributed by atoms with Crippen molar-refractivity contribution in [3.05, 3.63) is 29.1 Å². The standard InChI is InChI=1S/C7H8ClNO2/c1-11-7-4-2-3-6(5-8)9(7)10/h2-4H,5H2,1H3. The number of rotatable bonds is 2. The summed E-state index contributed by atoms with van der Waals surface area (Å²) in [7, 11) is 1.45. The van der Waals surface area contributed by atoms with E-state index in [1.54, 1.807) is 18.2 Å². The fourth-order valence-corrected chi connectivity index (χ4v) is 0.966. The smallest absolute Gasteiger partial charge is 0.379 e. The van der Waals surface area contributed by atoms with Crippen LogP contribution in [0, 0.1) is 5.21 Å². The van der Waals surface area contributed by atoms with Gasteiger partial charge in [0.25, 0.3) is 0 Å². The van der Waals surface area contributed by atoms with Crippen molar-refractivity contribution in [3.63, 3.8) is 0 Å². The van der Waals surface area contributed by atoms with E-state index in [0.717, 1.165) is 0 Å². The van der Waals surface area contributed by atoms with Crippen molar-refractivity contribution in [3.8, 4) is 5.88 Å². The predicted molar refractivity (Wildman–Crippen MR) is 41.5 cm³/mol. The average molecular weight is 174 g/mol. The van der Waals surface area contributed by atoms with Gasteiger partial charge >= 0.3 is 5.88 Å². The third-order valence-electron chi connectivity index (χ3n) is 1.33. The van der Waals surface area contributed by atoms with Gasteiger partial charge in [-0.05, 0) is 6.07 Å². The van der Waals surface area contributed by atoms with Gasteiger partial charge in [-0.3, -0.25) is 0 Å². The van der Waals surface area contributed by atoms with Gasteiger partial charge in [-0.2, -0.15) is 0 Å². The topological polar surface area (TPSA) is 36.2 Å². The van der Waals surface area contributed by atoms with Crippen LogP contribution in [0.4, 0.5) is 0 Å². The molecule has 0 amide bonds. The molecule has 3 nitrogen and oxygen atoms in total. The van der Waals surface area contributed by atoms with Crippen LogP contribution in [0.25, 0.3) is 0 Å². The second-order valence-corrected chi connectivity index (χ2v) is 2.25. The Balaban J connectivity index is 3.10. The fraction of sp³-hybridized carbons (Fsp3) is 0.286. The van der Waals surface area contributed by atoms with E-state index in [1.165, 1.54) is 7.11 Å². The van der Waals surface area contributed by atoms with Gasteiger partial charge in [-0.25, -0.2) is 0 Å². The van der Waals surface area contributed by atoms with Crippen LogP contribution in [0.15, 0.2) is 18.2 Å². The van der Waals surface area contributed by atoms with Crippen LogP contribution in [-0.4, -0.2) is 7.11 Å². The minimum atomic E-state index is 0.195. The molecule has 0 radical (unpaired) electrons. The molecular weight excluding hydrogens is 166 g/mol. The highest BCUT2D eigenvalue weighted by atomic mass is 35.5. The highest BCUT2D eigenvalue weighted by molar-refractivity contribution is 6.16. The van der Waals surface area contributed by atoms with Gasteiger partial charge in [0.1, 0.15) is 5.88 Å². The Morgan fingerprint density at radius 2 is 2.36 bits per heavy atom. The summed E-state index contributed by atoms with van der Waals surface area (Å²) in [5, 5.41) is 11.1. The summed E-state index contributed by atoms with van der Waals surface area (Å²) >= 11 is 5.48. The van der Waals surface area contributed by atoms with Crippen LogP contribution in [0.3, 0.4) is 0 Å². The highest BCUT2D eigenvalue weighted by Crippen LogP contribution is 2.05. The third-order valence-corrected chi connectivity index (χ3v) is 1.61. The van der Waals surface area contributed by atoms with Gasteiger partial charge in [0.05, 0.1) is 13.2 Å². The number of pyridine rings is 1. The molecule has 0 N–H and O–H groups in total. The second kappa shape index (κ2) is 3.44. The molecule has 0 atom stereocenters. The van der Waals surface area contributed by atoms with Crippen molar-refractivity contribution >= 4 is 11.6 Å². The number of hydrogen-bond donors (Lipinski definition) is 0. The maximum Gasteiger partial charge on any atom is 0.379 e. The first-order valence-corrected chi connectivity index (χ1v) is 3.64. The first kappa shape index (κ1) is 8.14. The number of halogens is 1. The molecule has 0 aromatic carbocycles. The van der Waals surface area contributed by atoms with Gasteiger partial charge in [0, 0.05) is 6.07 Å². The minimum absolute atomic E-state index is 0.195. The maximum atomic E-state index is 11.1. The summed E-state index contributed by atoms with van der Waals surface area (Å²) < 4.78 is 5.45. The van der Waals surface area contributed by atoms with Crippen molar-refractivity contribution in [2.75, 3.05) is 7.11 Å². The summed E-state index contributed by atoms with van der Waals surface area (Å²) in [6.45, 7) is 0. The van der Waals surface area contributed by atoms with E-state index in [0.29, 0.717) is 10.4 Å². The van der Waals surface area contributed by atoms with Crippen LogP contribution in [0.2, 0.25) is 0 Å². The van der Waals surface area contributed by atoms with Crippen LogP contribution < -0.4 is 9.47 Å². The van der Waals surface area contributed by atoms with Crippen molar-refractivity contribution in [1.29, 1.82) is 0 Å². The van der Waals surface area contributed by atoms with E-state index in [1.807, 2.05) is 0 Å². The van der Waals surface area contributed by atoms with Gasteiger partial charge in [-0.15, -0.1) is 16.3 Å². The molecular formula is C7H8ClNO2. The quantitative estimate of drug-likeness (QED) is 0.381.